The van der Waals surface area contributed by atoms with Crippen molar-refractivity contribution in [2.45, 2.75) is 6.54 Å². The fraction of sp³-hybridized carbons (Fsp3) is 0.455. The maximum Gasteiger partial charge on any atom is 0.0555 e. The molecule has 0 aliphatic carbocycles. The third-order valence-corrected chi connectivity index (χ3v) is 2.84. The van der Waals surface area contributed by atoms with Gasteiger partial charge < -0.3 is 15.7 Å². The second-order valence-corrected chi connectivity index (χ2v) is 4.16. The van der Waals surface area contributed by atoms with E-state index in [-0.39, 0.29) is 31.4 Å². The number of hydrogen-bond acceptors (Lipinski definition) is 3. The largest absolute Gasteiger partial charge is 0.395 e. The van der Waals surface area contributed by atoms with Gasteiger partial charge >= 0.3 is 0 Å². The Morgan fingerprint density at radius 1 is 0.944 bits per heavy atom. The normalized spacial score (nSPS) is 9.50. The molecule has 0 radical (unpaired) electrons. The summed E-state index contributed by atoms with van der Waals surface area (Å²) >= 11 is 12.0. The highest BCUT2D eigenvalue weighted by atomic mass is 35.5. The second kappa shape index (κ2) is 12.3. The zero-order chi connectivity index (χ0) is 11.8. The average molecular weight is 336 g/mol. The molecule has 3 nitrogen and oxygen atoms in total. The van der Waals surface area contributed by atoms with E-state index in [1.165, 1.54) is 0 Å². The molecule has 0 saturated carbocycles. The molecular formula is C11H18Cl4N2O. The first-order valence-corrected chi connectivity index (χ1v) is 5.96. The molecule has 7 heteroatoms. The van der Waals surface area contributed by atoms with E-state index < -0.39 is 0 Å². The third-order valence-electron chi connectivity index (χ3n) is 2.13. The van der Waals surface area contributed by atoms with Crippen LogP contribution in [0.3, 0.4) is 0 Å². The van der Waals surface area contributed by atoms with Crippen LogP contribution in [-0.4, -0.2) is 31.3 Å². The van der Waals surface area contributed by atoms with Crippen molar-refractivity contribution < 1.29 is 5.11 Å². The second-order valence-electron chi connectivity index (χ2n) is 3.35. The molecule has 0 aromatic heterocycles. The number of hydrogen-bond donors (Lipinski definition) is 3. The van der Waals surface area contributed by atoms with Crippen LogP contribution in [0.2, 0.25) is 10.0 Å². The third kappa shape index (κ3) is 7.64. The van der Waals surface area contributed by atoms with Gasteiger partial charge in [0.25, 0.3) is 0 Å². The summed E-state index contributed by atoms with van der Waals surface area (Å²) in [5.41, 5.74) is 0.924. The molecule has 0 spiro atoms. The van der Waals surface area contributed by atoms with Crippen LogP contribution in [0.1, 0.15) is 5.56 Å². The molecule has 0 fully saturated rings. The SMILES string of the molecule is Cl.Cl.OCCNCCNCc1c(Cl)cccc1Cl. The van der Waals surface area contributed by atoms with Crippen LogP contribution >= 0.6 is 48.0 Å². The van der Waals surface area contributed by atoms with E-state index in [1.807, 2.05) is 18.2 Å². The molecule has 0 saturated heterocycles. The lowest BCUT2D eigenvalue weighted by molar-refractivity contribution is 0.292. The zero-order valence-corrected chi connectivity index (χ0v) is 12.9. The van der Waals surface area contributed by atoms with Gasteiger partial charge in [-0.15, -0.1) is 24.8 Å². The number of aliphatic hydroxyl groups is 1. The van der Waals surface area contributed by atoms with E-state index in [4.69, 9.17) is 28.3 Å². The highest BCUT2D eigenvalue weighted by Crippen LogP contribution is 2.23. The Kier molecular flexibility index (Phi) is 14.1. The van der Waals surface area contributed by atoms with Crippen molar-refractivity contribution in [1.29, 1.82) is 0 Å². The Morgan fingerprint density at radius 2 is 1.50 bits per heavy atom. The Balaban J connectivity index is 0. The highest BCUT2D eigenvalue weighted by Gasteiger charge is 2.03. The predicted molar refractivity (Wildman–Crippen MR) is 82.6 cm³/mol. The van der Waals surface area contributed by atoms with Crippen LogP contribution in [0, 0.1) is 0 Å². The van der Waals surface area contributed by atoms with Crippen LogP contribution in [0.15, 0.2) is 18.2 Å². The summed E-state index contributed by atoms with van der Waals surface area (Å²) in [6.07, 6.45) is 0. The zero-order valence-electron chi connectivity index (χ0n) is 9.79. The van der Waals surface area contributed by atoms with Crippen molar-refractivity contribution in [1.82, 2.24) is 10.6 Å². The monoisotopic (exact) mass is 334 g/mol. The van der Waals surface area contributed by atoms with Crippen molar-refractivity contribution in [3.05, 3.63) is 33.8 Å². The summed E-state index contributed by atoms with van der Waals surface area (Å²) in [7, 11) is 0. The lowest BCUT2D eigenvalue weighted by Gasteiger charge is -2.08. The molecule has 0 atom stereocenters. The molecule has 0 amide bonds. The van der Waals surface area contributed by atoms with Crippen LogP contribution in [0.25, 0.3) is 0 Å². The van der Waals surface area contributed by atoms with Gasteiger partial charge in [-0.2, -0.15) is 0 Å². The van der Waals surface area contributed by atoms with Crippen LogP contribution in [-0.2, 0) is 6.54 Å². The van der Waals surface area contributed by atoms with Crippen LogP contribution < -0.4 is 10.6 Å². The van der Waals surface area contributed by atoms with Gasteiger partial charge in [-0.3, -0.25) is 0 Å². The highest BCUT2D eigenvalue weighted by molar-refractivity contribution is 6.35. The molecule has 1 aromatic carbocycles. The summed E-state index contributed by atoms with van der Waals surface area (Å²) in [6, 6.07) is 5.49. The maximum atomic E-state index is 8.56. The minimum Gasteiger partial charge on any atom is -0.395 e. The Morgan fingerprint density at radius 3 is 2.06 bits per heavy atom. The molecule has 1 rings (SSSR count). The molecule has 0 aliphatic heterocycles. The molecule has 0 heterocycles. The minimum absolute atomic E-state index is 0. The molecule has 0 unspecified atom stereocenters. The number of aliphatic hydroxyl groups excluding tert-OH is 1. The molecule has 0 aliphatic rings. The van der Waals surface area contributed by atoms with Gasteiger partial charge in [-0.05, 0) is 12.1 Å². The lowest BCUT2D eigenvalue weighted by atomic mass is 10.2. The van der Waals surface area contributed by atoms with Crippen molar-refractivity contribution in [3.63, 3.8) is 0 Å². The van der Waals surface area contributed by atoms with Gasteiger partial charge in [0.2, 0.25) is 0 Å². The summed E-state index contributed by atoms with van der Waals surface area (Å²) in [4.78, 5) is 0. The predicted octanol–water partition coefficient (Wildman–Crippen LogP) is 2.51. The summed E-state index contributed by atoms with van der Waals surface area (Å²) < 4.78 is 0. The van der Waals surface area contributed by atoms with E-state index in [0.29, 0.717) is 23.1 Å². The standard InChI is InChI=1S/C11H16Cl2N2O.2ClH/c12-10-2-1-3-11(13)9(10)8-15-5-4-14-6-7-16;;/h1-3,14-16H,4-8H2;2*1H. The van der Waals surface area contributed by atoms with Crippen LogP contribution in [0.5, 0.6) is 0 Å². The van der Waals surface area contributed by atoms with Crippen molar-refractivity contribution in [2.75, 3.05) is 26.2 Å². The Labute approximate surface area is 130 Å². The van der Waals surface area contributed by atoms with Gasteiger partial charge in [0.05, 0.1) is 6.61 Å². The van der Waals surface area contributed by atoms with Gasteiger partial charge in [0.1, 0.15) is 0 Å². The van der Waals surface area contributed by atoms with E-state index in [9.17, 15) is 0 Å². The average Bonchev–Trinajstić information content (AvgIpc) is 2.26. The number of rotatable bonds is 7. The maximum absolute atomic E-state index is 8.56. The lowest BCUT2D eigenvalue weighted by Crippen LogP contribution is -2.28. The number of nitrogens with one attached hydrogen (secondary N) is 2. The molecule has 18 heavy (non-hydrogen) atoms. The first-order valence-electron chi connectivity index (χ1n) is 5.21. The van der Waals surface area contributed by atoms with Gasteiger partial charge in [0.15, 0.2) is 0 Å². The van der Waals surface area contributed by atoms with Gasteiger partial charge in [-0.1, -0.05) is 29.3 Å². The van der Waals surface area contributed by atoms with Crippen molar-refractivity contribution in [2.24, 2.45) is 0 Å². The van der Waals surface area contributed by atoms with E-state index in [1.54, 1.807) is 0 Å². The molecule has 1 aromatic rings. The summed E-state index contributed by atoms with van der Waals surface area (Å²) in [6.45, 7) is 3.05. The molecule has 106 valence electrons. The molecule has 3 N–H and O–H groups in total. The Bertz CT molecular complexity index is 306. The van der Waals surface area contributed by atoms with Crippen molar-refractivity contribution in [3.8, 4) is 0 Å². The van der Waals surface area contributed by atoms with Gasteiger partial charge in [0, 0.05) is 41.8 Å². The Hall–Kier alpha value is 0.260. The topological polar surface area (TPSA) is 44.3 Å². The van der Waals surface area contributed by atoms with E-state index in [2.05, 4.69) is 10.6 Å². The molecular weight excluding hydrogens is 318 g/mol. The first kappa shape index (κ1) is 20.6. The fourth-order valence-corrected chi connectivity index (χ4v) is 1.83. The fourth-order valence-electron chi connectivity index (χ4n) is 1.30. The summed E-state index contributed by atoms with van der Waals surface area (Å²) in [5.74, 6) is 0. The van der Waals surface area contributed by atoms with E-state index >= 15 is 0 Å². The smallest absolute Gasteiger partial charge is 0.0555 e. The van der Waals surface area contributed by atoms with E-state index in [0.717, 1.165) is 18.7 Å². The minimum atomic E-state index is 0. The number of halogens is 4. The summed E-state index contributed by atoms with van der Waals surface area (Å²) in [5, 5.41) is 16.2. The van der Waals surface area contributed by atoms with Crippen LogP contribution in [0.4, 0.5) is 0 Å². The van der Waals surface area contributed by atoms with Gasteiger partial charge in [-0.25, -0.2) is 0 Å². The quantitative estimate of drug-likeness (QED) is 0.671. The number of benzene rings is 1. The van der Waals surface area contributed by atoms with Crippen molar-refractivity contribution >= 4 is 48.0 Å². The first-order chi connectivity index (χ1) is 7.75. The molecule has 0 bridgehead atoms.